The molecule has 1 heterocycles. The van der Waals surface area contributed by atoms with E-state index in [-0.39, 0.29) is 6.10 Å². The van der Waals surface area contributed by atoms with E-state index in [1.807, 2.05) is 19.9 Å². The van der Waals surface area contributed by atoms with Gasteiger partial charge in [-0.2, -0.15) is 0 Å². The average Bonchev–Trinajstić information content (AvgIpc) is 2.27. The summed E-state index contributed by atoms with van der Waals surface area (Å²) in [5.41, 5.74) is 8.91. The fourth-order valence-electron chi connectivity index (χ4n) is 1.96. The summed E-state index contributed by atoms with van der Waals surface area (Å²) < 4.78 is 11.3. The van der Waals surface area contributed by atoms with Crippen LogP contribution in [0.2, 0.25) is 0 Å². The number of ether oxygens (including phenoxy) is 2. The molecule has 0 bridgehead atoms. The number of hydrogen-bond donors (Lipinski definition) is 1. The van der Waals surface area contributed by atoms with E-state index in [2.05, 4.69) is 6.07 Å². The number of hydrogen-bond acceptors (Lipinski definition) is 3. The first-order chi connectivity index (χ1) is 7.66. The summed E-state index contributed by atoms with van der Waals surface area (Å²) in [4.78, 5) is 0. The van der Waals surface area contributed by atoms with E-state index in [1.54, 1.807) is 0 Å². The van der Waals surface area contributed by atoms with Gasteiger partial charge in [0.05, 0.1) is 6.61 Å². The van der Waals surface area contributed by atoms with Crippen molar-refractivity contribution in [2.45, 2.75) is 32.8 Å². The predicted octanol–water partition coefficient (Wildman–Crippen LogP) is 2.44. The lowest BCUT2D eigenvalue weighted by atomic mass is 10.1. The van der Waals surface area contributed by atoms with Crippen LogP contribution in [0.4, 0.5) is 5.69 Å². The summed E-state index contributed by atoms with van der Waals surface area (Å²) in [5.74, 6) is 0.888. The molecule has 1 aromatic carbocycles. The third-order valence-corrected chi connectivity index (χ3v) is 2.98. The first-order valence-corrected chi connectivity index (χ1v) is 5.78. The maximum Gasteiger partial charge on any atom is 0.124 e. The molecule has 88 valence electrons. The lowest BCUT2D eigenvalue weighted by Gasteiger charge is -2.24. The van der Waals surface area contributed by atoms with E-state index in [0.29, 0.717) is 6.61 Å². The van der Waals surface area contributed by atoms with Gasteiger partial charge >= 0.3 is 0 Å². The van der Waals surface area contributed by atoms with E-state index in [4.69, 9.17) is 15.2 Å². The largest absolute Gasteiger partial charge is 0.488 e. The molecule has 1 aliphatic rings. The predicted molar refractivity (Wildman–Crippen MR) is 64.8 cm³/mol. The van der Waals surface area contributed by atoms with Crippen molar-refractivity contribution in [2.75, 3.05) is 18.9 Å². The molecule has 2 rings (SSSR count). The Morgan fingerprint density at radius 1 is 1.31 bits per heavy atom. The van der Waals surface area contributed by atoms with Crippen molar-refractivity contribution in [3.63, 3.8) is 0 Å². The molecule has 1 saturated heterocycles. The number of nitrogens with two attached hydrogens (primary N) is 1. The minimum atomic E-state index is 0.176. The van der Waals surface area contributed by atoms with Gasteiger partial charge in [0, 0.05) is 18.4 Å². The van der Waals surface area contributed by atoms with Crippen molar-refractivity contribution < 1.29 is 9.47 Å². The fraction of sp³-hybridized carbons (Fsp3) is 0.538. The molecule has 0 spiro atoms. The molecule has 1 aliphatic heterocycles. The molecule has 1 fully saturated rings. The first-order valence-electron chi connectivity index (χ1n) is 5.78. The fourth-order valence-corrected chi connectivity index (χ4v) is 1.96. The smallest absolute Gasteiger partial charge is 0.124 e. The summed E-state index contributed by atoms with van der Waals surface area (Å²) in [5, 5.41) is 0. The minimum Gasteiger partial charge on any atom is -0.488 e. The molecule has 1 unspecified atom stereocenters. The van der Waals surface area contributed by atoms with Gasteiger partial charge in [-0.25, -0.2) is 0 Å². The third-order valence-electron chi connectivity index (χ3n) is 2.98. The number of nitrogen functional groups attached to an aromatic ring is 1. The number of anilines is 1. The Morgan fingerprint density at radius 3 is 2.81 bits per heavy atom. The highest BCUT2D eigenvalue weighted by molar-refractivity contribution is 5.54. The number of benzene rings is 1. The molecular weight excluding hydrogens is 202 g/mol. The van der Waals surface area contributed by atoms with Crippen LogP contribution in [0, 0.1) is 13.8 Å². The Labute approximate surface area is 96.5 Å². The van der Waals surface area contributed by atoms with Gasteiger partial charge in [-0.3, -0.25) is 0 Å². The molecule has 0 aliphatic carbocycles. The van der Waals surface area contributed by atoms with Crippen LogP contribution < -0.4 is 10.5 Å². The summed E-state index contributed by atoms with van der Waals surface area (Å²) >= 11 is 0. The van der Waals surface area contributed by atoms with Crippen LogP contribution in [0.3, 0.4) is 0 Å². The Balaban J connectivity index is 2.11. The highest BCUT2D eigenvalue weighted by atomic mass is 16.5. The second-order valence-corrected chi connectivity index (χ2v) is 4.43. The Bertz CT molecular complexity index is 370. The van der Waals surface area contributed by atoms with E-state index in [9.17, 15) is 0 Å². The van der Waals surface area contributed by atoms with Crippen LogP contribution in [0.5, 0.6) is 5.75 Å². The zero-order valence-electron chi connectivity index (χ0n) is 9.95. The highest BCUT2D eigenvalue weighted by Crippen LogP contribution is 2.26. The van der Waals surface area contributed by atoms with E-state index in [0.717, 1.165) is 42.0 Å². The monoisotopic (exact) mass is 221 g/mol. The van der Waals surface area contributed by atoms with Gasteiger partial charge in [0.1, 0.15) is 11.9 Å². The van der Waals surface area contributed by atoms with Crippen molar-refractivity contribution in [1.82, 2.24) is 0 Å². The molecule has 1 aromatic rings. The van der Waals surface area contributed by atoms with E-state index < -0.39 is 0 Å². The molecule has 0 amide bonds. The number of rotatable bonds is 2. The van der Waals surface area contributed by atoms with Crippen molar-refractivity contribution >= 4 is 5.69 Å². The second-order valence-electron chi connectivity index (χ2n) is 4.43. The quantitative estimate of drug-likeness (QED) is 0.780. The Morgan fingerprint density at radius 2 is 2.12 bits per heavy atom. The molecule has 3 heteroatoms. The molecule has 0 saturated carbocycles. The van der Waals surface area contributed by atoms with Gasteiger partial charge in [0.15, 0.2) is 0 Å². The zero-order chi connectivity index (χ0) is 11.5. The maximum absolute atomic E-state index is 5.92. The molecule has 0 radical (unpaired) electrons. The van der Waals surface area contributed by atoms with Gasteiger partial charge in [-0.05, 0) is 37.8 Å². The SMILES string of the molecule is Cc1cc(C)c(OC2CCCOC2)cc1N. The van der Waals surface area contributed by atoms with Crippen molar-refractivity contribution in [2.24, 2.45) is 0 Å². The van der Waals surface area contributed by atoms with Crippen LogP contribution in [0.25, 0.3) is 0 Å². The lowest BCUT2D eigenvalue weighted by Crippen LogP contribution is -2.28. The van der Waals surface area contributed by atoms with Gasteiger partial charge in [0.2, 0.25) is 0 Å². The normalized spacial score (nSPS) is 20.8. The summed E-state index contributed by atoms with van der Waals surface area (Å²) in [6.07, 6.45) is 2.31. The van der Waals surface area contributed by atoms with Crippen LogP contribution in [-0.2, 0) is 4.74 Å². The van der Waals surface area contributed by atoms with Crippen LogP contribution in [0.15, 0.2) is 12.1 Å². The zero-order valence-corrected chi connectivity index (χ0v) is 9.95. The highest BCUT2D eigenvalue weighted by Gasteiger charge is 2.16. The molecule has 1 atom stereocenters. The molecule has 2 N–H and O–H groups in total. The third kappa shape index (κ3) is 2.47. The van der Waals surface area contributed by atoms with E-state index in [1.165, 1.54) is 0 Å². The standard InChI is InChI=1S/C13H19NO2/c1-9-6-10(2)13(7-12(9)14)16-11-4-3-5-15-8-11/h6-7,11H,3-5,8,14H2,1-2H3. The van der Waals surface area contributed by atoms with Crippen LogP contribution >= 0.6 is 0 Å². The van der Waals surface area contributed by atoms with Gasteiger partial charge in [0.25, 0.3) is 0 Å². The maximum atomic E-state index is 5.92. The molecular formula is C13H19NO2. The van der Waals surface area contributed by atoms with Crippen molar-refractivity contribution in [3.8, 4) is 5.75 Å². The first kappa shape index (κ1) is 11.3. The van der Waals surface area contributed by atoms with Crippen molar-refractivity contribution in [3.05, 3.63) is 23.3 Å². The molecule has 3 nitrogen and oxygen atoms in total. The topological polar surface area (TPSA) is 44.5 Å². The molecule has 16 heavy (non-hydrogen) atoms. The lowest BCUT2D eigenvalue weighted by molar-refractivity contribution is 0.00718. The summed E-state index contributed by atoms with van der Waals surface area (Å²) in [7, 11) is 0. The van der Waals surface area contributed by atoms with Crippen molar-refractivity contribution in [1.29, 1.82) is 0 Å². The Hall–Kier alpha value is -1.22. The summed E-state index contributed by atoms with van der Waals surface area (Å²) in [6, 6.07) is 3.98. The average molecular weight is 221 g/mol. The number of aryl methyl sites for hydroxylation is 2. The second kappa shape index (κ2) is 4.74. The van der Waals surface area contributed by atoms with Gasteiger partial charge in [-0.1, -0.05) is 6.07 Å². The van der Waals surface area contributed by atoms with Crippen LogP contribution in [-0.4, -0.2) is 19.3 Å². The summed E-state index contributed by atoms with van der Waals surface area (Å²) in [6.45, 7) is 5.60. The van der Waals surface area contributed by atoms with Crippen LogP contribution in [0.1, 0.15) is 24.0 Å². The molecule has 0 aromatic heterocycles. The van der Waals surface area contributed by atoms with E-state index >= 15 is 0 Å². The Kier molecular flexibility index (Phi) is 3.34. The van der Waals surface area contributed by atoms with Gasteiger partial charge < -0.3 is 15.2 Å². The minimum absolute atomic E-state index is 0.176. The van der Waals surface area contributed by atoms with Gasteiger partial charge in [-0.15, -0.1) is 0 Å².